The van der Waals surface area contributed by atoms with Gasteiger partial charge >= 0.3 is 0 Å². The molecule has 4 rings (SSSR count). The Kier molecular flexibility index (Phi) is 3.44. The van der Waals surface area contributed by atoms with E-state index in [4.69, 9.17) is 4.52 Å². The van der Waals surface area contributed by atoms with E-state index in [1.54, 1.807) is 17.3 Å². The van der Waals surface area contributed by atoms with E-state index < -0.39 is 10.0 Å². The van der Waals surface area contributed by atoms with E-state index in [0.717, 1.165) is 25.9 Å². The number of piperazine rings is 1. The molecule has 2 aliphatic heterocycles. The SMILES string of the molecule is Cc1noc2ncc(S(=O)(=O)N3C[C@H]4CCCN4C[C@H]3C)cc12. The molecule has 0 aromatic carbocycles. The molecule has 0 unspecified atom stereocenters. The molecule has 0 bridgehead atoms. The third kappa shape index (κ3) is 2.36. The molecule has 0 saturated carbocycles. The van der Waals surface area contributed by atoms with Crippen molar-refractivity contribution >= 4 is 21.1 Å². The van der Waals surface area contributed by atoms with Crippen LogP contribution in [0.15, 0.2) is 21.7 Å². The maximum absolute atomic E-state index is 13.1. The van der Waals surface area contributed by atoms with Crippen molar-refractivity contribution in [2.45, 2.75) is 43.7 Å². The molecule has 0 aliphatic carbocycles. The summed E-state index contributed by atoms with van der Waals surface area (Å²) in [4.78, 5) is 6.73. The highest BCUT2D eigenvalue weighted by Crippen LogP contribution is 2.30. The summed E-state index contributed by atoms with van der Waals surface area (Å²) in [5.74, 6) is 0. The number of hydrogen-bond donors (Lipinski definition) is 0. The zero-order valence-corrected chi connectivity index (χ0v) is 14.1. The lowest BCUT2D eigenvalue weighted by Gasteiger charge is -2.41. The Balaban J connectivity index is 1.71. The van der Waals surface area contributed by atoms with Gasteiger partial charge in [-0.2, -0.15) is 4.31 Å². The van der Waals surface area contributed by atoms with Crippen molar-refractivity contribution < 1.29 is 12.9 Å². The highest BCUT2D eigenvalue weighted by atomic mass is 32.2. The van der Waals surface area contributed by atoms with Gasteiger partial charge in [0, 0.05) is 25.2 Å². The number of rotatable bonds is 2. The first kappa shape index (κ1) is 15.0. The Morgan fingerprint density at radius 2 is 2.17 bits per heavy atom. The Labute approximate surface area is 135 Å². The first-order valence-electron chi connectivity index (χ1n) is 7.95. The van der Waals surface area contributed by atoms with Crippen LogP contribution in [-0.2, 0) is 10.0 Å². The number of pyridine rings is 1. The van der Waals surface area contributed by atoms with E-state index in [-0.39, 0.29) is 10.9 Å². The lowest BCUT2D eigenvalue weighted by molar-refractivity contribution is 0.117. The minimum Gasteiger partial charge on any atom is -0.336 e. The molecule has 7 nitrogen and oxygen atoms in total. The quantitative estimate of drug-likeness (QED) is 0.824. The van der Waals surface area contributed by atoms with Crippen LogP contribution in [0.2, 0.25) is 0 Å². The van der Waals surface area contributed by atoms with Crippen LogP contribution in [-0.4, -0.2) is 59.5 Å². The van der Waals surface area contributed by atoms with Gasteiger partial charge in [-0.25, -0.2) is 13.4 Å². The van der Waals surface area contributed by atoms with Crippen LogP contribution in [0, 0.1) is 6.92 Å². The number of fused-ring (bicyclic) bond motifs is 2. The number of aryl methyl sites for hydroxylation is 1. The summed E-state index contributed by atoms with van der Waals surface area (Å²) in [5, 5.41) is 4.49. The van der Waals surface area contributed by atoms with Gasteiger partial charge in [-0.3, -0.25) is 4.90 Å². The van der Waals surface area contributed by atoms with Crippen molar-refractivity contribution in [3.05, 3.63) is 18.0 Å². The number of hydrogen-bond acceptors (Lipinski definition) is 6. The van der Waals surface area contributed by atoms with Crippen molar-refractivity contribution in [2.75, 3.05) is 19.6 Å². The Morgan fingerprint density at radius 3 is 3.00 bits per heavy atom. The van der Waals surface area contributed by atoms with Crippen molar-refractivity contribution in [1.29, 1.82) is 0 Å². The summed E-state index contributed by atoms with van der Waals surface area (Å²) < 4.78 is 32.9. The zero-order chi connectivity index (χ0) is 16.2. The summed E-state index contributed by atoms with van der Waals surface area (Å²) in [6.07, 6.45) is 3.59. The fraction of sp³-hybridized carbons (Fsp3) is 0.600. The molecule has 124 valence electrons. The van der Waals surface area contributed by atoms with Crippen LogP contribution in [0.25, 0.3) is 11.1 Å². The molecule has 23 heavy (non-hydrogen) atoms. The first-order chi connectivity index (χ1) is 11.0. The summed E-state index contributed by atoms with van der Waals surface area (Å²) >= 11 is 0. The summed E-state index contributed by atoms with van der Waals surface area (Å²) in [6, 6.07) is 1.93. The smallest absolute Gasteiger partial charge is 0.257 e. The Bertz CT molecular complexity index is 848. The second kappa shape index (κ2) is 5.25. The average molecular weight is 336 g/mol. The van der Waals surface area contributed by atoms with Gasteiger partial charge in [-0.1, -0.05) is 5.16 Å². The van der Waals surface area contributed by atoms with Crippen LogP contribution in [0.3, 0.4) is 0 Å². The van der Waals surface area contributed by atoms with Gasteiger partial charge in [-0.05, 0) is 39.3 Å². The number of aromatic nitrogens is 2. The van der Waals surface area contributed by atoms with Crippen molar-refractivity contribution in [2.24, 2.45) is 0 Å². The molecule has 0 amide bonds. The number of nitrogens with zero attached hydrogens (tertiary/aromatic N) is 4. The summed E-state index contributed by atoms with van der Waals surface area (Å²) in [6.45, 7) is 6.19. The summed E-state index contributed by atoms with van der Waals surface area (Å²) in [5.41, 5.74) is 1.02. The van der Waals surface area contributed by atoms with Crippen LogP contribution < -0.4 is 0 Å². The predicted molar refractivity (Wildman–Crippen MR) is 84.5 cm³/mol. The van der Waals surface area contributed by atoms with E-state index >= 15 is 0 Å². The van der Waals surface area contributed by atoms with Crippen molar-refractivity contribution in [3.63, 3.8) is 0 Å². The van der Waals surface area contributed by atoms with Gasteiger partial charge in [0.1, 0.15) is 4.90 Å². The molecule has 2 saturated heterocycles. The normalized spacial score (nSPS) is 26.7. The molecule has 0 N–H and O–H groups in total. The number of sulfonamides is 1. The van der Waals surface area contributed by atoms with E-state index in [2.05, 4.69) is 15.0 Å². The standard InChI is InChI=1S/C15H20N4O3S/c1-10-8-18-5-3-4-12(18)9-19(10)23(20,21)13-6-14-11(2)17-22-15(14)16-7-13/h6-7,10,12H,3-5,8-9H2,1-2H3/t10-,12-/m1/s1. The van der Waals surface area contributed by atoms with Crippen molar-refractivity contribution in [1.82, 2.24) is 19.3 Å². The maximum atomic E-state index is 13.1. The third-order valence-electron chi connectivity index (χ3n) is 4.97. The molecular formula is C15H20N4O3S. The fourth-order valence-corrected chi connectivity index (χ4v) is 5.33. The molecule has 4 heterocycles. The van der Waals surface area contributed by atoms with Gasteiger partial charge in [0.2, 0.25) is 10.0 Å². The first-order valence-corrected chi connectivity index (χ1v) is 9.39. The van der Waals surface area contributed by atoms with Crippen LogP contribution >= 0.6 is 0 Å². The minimum atomic E-state index is -3.56. The minimum absolute atomic E-state index is 0.0337. The highest BCUT2D eigenvalue weighted by Gasteiger charge is 2.40. The van der Waals surface area contributed by atoms with Crippen molar-refractivity contribution in [3.8, 4) is 0 Å². The van der Waals surface area contributed by atoms with Crippen LogP contribution in [0.5, 0.6) is 0 Å². The maximum Gasteiger partial charge on any atom is 0.257 e. The van der Waals surface area contributed by atoms with Gasteiger partial charge < -0.3 is 4.52 Å². The van der Waals surface area contributed by atoms with Gasteiger partial charge in [0.15, 0.2) is 0 Å². The topological polar surface area (TPSA) is 79.5 Å². The largest absolute Gasteiger partial charge is 0.336 e. The van der Waals surface area contributed by atoms with Crippen LogP contribution in [0.1, 0.15) is 25.5 Å². The zero-order valence-electron chi connectivity index (χ0n) is 13.3. The average Bonchev–Trinajstić information content (AvgIpc) is 3.12. The molecule has 0 spiro atoms. The second-order valence-electron chi connectivity index (χ2n) is 6.51. The fourth-order valence-electron chi connectivity index (χ4n) is 3.70. The third-order valence-corrected chi connectivity index (χ3v) is 6.92. The van der Waals surface area contributed by atoms with E-state index in [0.29, 0.717) is 29.4 Å². The predicted octanol–water partition coefficient (Wildman–Crippen LogP) is 1.39. The lowest BCUT2D eigenvalue weighted by Crippen LogP contribution is -2.56. The van der Waals surface area contributed by atoms with Gasteiger partial charge in [0.05, 0.1) is 17.3 Å². The van der Waals surface area contributed by atoms with E-state index in [1.165, 1.54) is 6.20 Å². The molecule has 2 fully saturated rings. The second-order valence-corrected chi connectivity index (χ2v) is 8.40. The molecular weight excluding hydrogens is 316 g/mol. The molecule has 2 atom stereocenters. The molecule has 2 aliphatic rings. The lowest BCUT2D eigenvalue weighted by atomic mass is 10.1. The molecule has 2 aromatic rings. The molecule has 0 radical (unpaired) electrons. The van der Waals surface area contributed by atoms with Gasteiger partial charge in [-0.15, -0.1) is 0 Å². The monoisotopic (exact) mass is 336 g/mol. The van der Waals surface area contributed by atoms with Gasteiger partial charge in [0.25, 0.3) is 5.71 Å². The molecule has 8 heteroatoms. The summed E-state index contributed by atoms with van der Waals surface area (Å²) in [7, 11) is -3.56. The van der Waals surface area contributed by atoms with E-state index in [1.807, 2.05) is 6.92 Å². The highest BCUT2D eigenvalue weighted by molar-refractivity contribution is 7.89. The Hall–Kier alpha value is -1.51. The molecule has 2 aromatic heterocycles. The van der Waals surface area contributed by atoms with Crippen LogP contribution in [0.4, 0.5) is 0 Å². The Morgan fingerprint density at radius 1 is 1.35 bits per heavy atom. The van der Waals surface area contributed by atoms with E-state index in [9.17, 15) is 8.42 Å².